The lowest BCUT2D eigenvalue weighted by atomic mass is 10.1. The largest absolute Gasteiger partial charge is 0.491 e. The Balaban J connectivity index is 1.85. The summed E-state index contributed by atoms with van der Waals surface area (Å²) >= 11 is 0. The summed E-state index contributed by atoms with van der Waals surface area (Å²) in [5.74, 6) is 6.78. The van der Waals surface area contributed by atoms with Crippen molar-refractivity contribution in [3.8, 4) is 11.8 Å². The fraction of sp³-hybridized carbons (Fsp3) is 0.250. The Labute approximate surface area is 115 Å². The van der Waals surface area contributed by atoms with Crippen molar-refractivity contribution in [3.05, 3.63) is 29.8 Å². The molecular weight excluding hydrogens is 260 g/mol. The number of fused-ring (bicyclic) bond motifs is 1. The summed E-state index contributed by atoms with van der Waals surface area (Å²) in [5.41, 5.74) is 3.44. The summed E-state index contributed by atoms with van der Waals surface area (Å²) in [4.78, 5) is 12.2. The molecule has 104 valence electrons. The van der Waals surface area contributed by atoms with Crippen LogP contribution in [0.3, 0.4) is 0 Å². The van der Waals surface area contributed by atoms with Crippen LogP contribution in [-0.4, -0.2) is 28.7 Å². The molecule has 1 aliphatic rings. The lowest BCUT2D eigenvalue weighted by Gasteiger charge is -2.12. The van der Waals surface area contributed by atoms with E-state index in [1.807, 2.05) is 24.3 Å². The molecule has 4 N–H and O–H groups in total. The Kier molecular flexibility index (Phi) is 3.21. The summed E-state index contributed by atoms with van der Waals surface area (Å²) in [6.07, 6.45) is 0. The minimum Gasteiger partial charge on any atom is -0.491 e. The van der Waals surface area contributed by atoms with Crippen molar-refractivity contribution in [1.82, 2.24) is 15.0 Å². The van der Waals surface area contributed by atoms with E-state index in [1.165, 1.54) is 7.11 Å². The summed E-state index contributed by atoms with van der Waals surface area (Å²) < 4.78 is 10.6. The Morgan fingerprint density at radius 1 is 1.25 bits per heavy atom. The number of anilines is 2. The molecule has 1 aromatic heterocycles. The number of rotatable bonds is 4. The van der Waals surface area contributed by atoms with E-state index in [1.54, 1.807) is 0 Å². The molecule has 8 heteroatoms. The number of nitrogen functional groups attached to an aromatic ring is 1. The summed E-state index contributed by atoms with van der Waals surface area (Å²) in [5, 5.41) is 3.18. The average Bonchev–Trinajstić information content (AvgIpc) is 2.90. The Hall–Kier alpha value is -2.61. The van der Waals surface area contributed by atoms with Crippen LogP contribution in [-0.2, 0) is 0 Å². The van der Waals surface area contributed by atoms with Crippen LogP contribution in [0.25, 0.3) is 0 Å². The van der Waals surface area contributed by atoms with E-state index < -0.39 is 0 Å². The fourth-order valence-corrected chi connectivity index (χ4v) is 2.01. The third-order valence-electron chi connectivity index (χ3n) is 2.93. The smallest absolute Gasteiger partial charge is 0.322 e. The number of nitrogens with zero attached hydrogens (tertiary/aromatic N) is 3. The van der Waals surface area contributed by atoms with Crippen LogP contribution in [0.4, 0.5) is 11.9 Å². The molecule has 20 heavy (non-hydrogen) atoms. The molecule has 1 atom stereocenters. The maximum atomic E-state index is 5.59. The second-order valence-corrected chi connectivity index (χ2v) is 4.16. The maximum absolute atomic E-state index is 5.59. The van der Waals surface area contributed by atoms with Crippen LogP contribution in [0.1, 0.15) is 11.6 Å². The first-order valence-corrected chi connectivity index (χ1v) is 6.05. The topological polar surface area (TPSA) is 107 Å². The zero-order valence-electron chi connectivity index (χ0n) is 10.8. The Morgan fingerprint density at radius 2 is 2.05 bits per heavy atom. The third-order valence-corrected chi connectivity index (χ3v) is 2.93. The number of nitrogens with one attached hydrogen (secondary N) is 2. The molecule has 0 aliphatic carbocycles. The van der Waals surface area contributed by atoms with Crippen molar-refractivity contribution in [2.75, 3.05) is 24.5 Å². The SMILES string of the molecule is COc1nc(NN)nc(NC2COc3ccccc32)n1. The summed E-state index contributed by atoms with van der Waals surface area (Å²) in [7, 11) is 1.48. The van der Waals surface area contributed by atoms with E-state index in [0.717, 1.165) is 11.3 Å². The van der Waals surface area contributed by atoms with E-state index in [-0.39, 0.29) is 18.0 Å². The van der Waals surface area contributed by atoms with Gasteiger partial charge in [0.05, 0.1) is 13.2 Å². The number of nitrogens with two attached hydrogens (primary N) is 1. The van der Waals surface area contributed by atoms with Gasteiger partial charge in [-0.05, 0) is 6.07 Å². The van der Waals surface area contributed by atoms with Gasteiger partial charge in [-0.1, -0.05) is 18.2 Å². The highest BCUT2D eigenvalue weighted by Crippen LogP contribution is 2.33. The van der Waals surface area contributed by atoms with Crippen molar-refractivity contribution in [3.63, 3.8) is 0 Å². The van der Waals surface area contributed by atoms with Crippen molar-refractivity contribution in [1.29, 1.82) is 0 Å². The first kappa shape index (κ1) is 12.4. The van der Waals surface area contributed by atoms with Crippen LogP contribution in [0.5, 0.6) is 11.8 Å². The molecule has 0 spiro atoms. The lowest BCUT2D eigenvalue weighted by molar-refractivity contribution is 0.339. The molecule has 1 unspecified atom stereocenters. The van der Waals surface area contributed by atoms with Gasteiger partial charge in [0.25, 0.3) is 0 Å². The van der Waals surface area contributed by atoms with Gasteiger partial charge in [-0.3, -0.25) is 5.43 Å². The molecular formula is C12H14N6O2. The van der Waals surface area contributed by atoms with Crippen molar-refractivity contribution >= 4 is 11.9 Å². The third kappa shape index (κ3) is 2.28. The van der Waals surface area contributed by atoms with Crippen LogP contribution >= 0.6 is 0 Å². The lowest BCUT2D eigenvalue weighted by Crippen LogP contribution is -2.17. The number of ether oxygens (including phenoxy) is 2. The van der Waals surface area contributed by atoms with Gasteiger partial charge >= 0.3 is 6.01 Å². The summed E-state index contributed by atoms with van der Waals surface area (Å²) in [6, 6.07) is 7.98. The summed E-state index contributed by atoms with van der Waals surface area (Å²) in [6.45, 7) is 0.513. The highest BCUT2D eigenvalue weighted by molar-refractivity contribution is 5.45. The van der Waals surface area contributed by atoms with Gasteiger partial charge in [0, 0.05) is 5.56 Å². The van der Waals surface area contributed by atoms with Gasteiger partial charge in [-0.2, -0.15) is 15.0 Å². The predicted octanol–water partition coefficient (Wildman–Crippen LogP) is 0.711. The zero-order valence-corrected chi connectivity index (χ0v) is 10.8. The highest BCUT2D eigenvalue weighted by Gasteiger charge is 2.24. The predicted molar refractivity (Wildman–Crippen MR) is 72.5 cm³/mol. The standard InChI is InChI=1S/C12H14N6O2/c1-19-12-16-10(15-11(17-12)18-13)14-8-6-20-9-5-3-2-4-7(8)9/h2-5,8H,6,13H2,1H3,(H2,14,15,16,17,18). The van der Waals surface area contributed by atoms with Crippen LogP contribution in [0, 0.1) is 0 Å². The van der Waals surface area contributed by atoms with Crippen molar-refractivity contribution in [2.45, 2.75) is 6.04 Å². The average molecular weight is 274 g/mol. The monoisotopic (exact) mass is 274 g/mol. The van der Waals surface area contributed by atoms with E-state index in [2.05, 4.69) is 25.7 Å². The Morgan fingerprint density at radius 3 is 2.85 bits per heavy atom. The number of para-hydroxylation sites is 1. The van der Waals surface area contributed by atoms with E-state index >= 15 is 0 Å². The quantitative estimate of drug-likeness (QED) is 0.552. The van der Waals surface area contributed by atoms with Gasteiger partial charge in [0.2, 0.25) is 11.9 Å². The molecule has 0 radical (unpaired) electrons. The number of methoxy groups -OCH3 is 1. The molecule has 1 aliphatic heterocycles. The fourth-order valence-electron chi connectivity index (χ4n) is 2.01. The second-order valence-electron chi connectivity index (χ2n) is 4.16. The van der Waals surface area contributed by atoms with E-state index in [4.69, 9.17) is 15.3 Å². The minimum absolute atomic E-state index is 0.0241. The maximum Gasteiger partial charge on any atom is 0.322 e. The van der Waals surface area contributed by atoms with E-state index in [9.17, 15) is 0 Å². The number of hydrogen-bond donors (Lipinski definition) is 3. The van der Waals surface area contributed by atoms with Gasteiger partial charge < -0.3 is 14.8 Å². The number of hydrazine groups is 1. The second kappa shape index (κ2) is 5.17. The minimum atomic E-state index is -0.0241. The zero-order chi connectivity index (χ0) is 13.9. The highest BCUT2D eigenvalue weighted by atomic mass is 16.5. The number of hydrogen-bond acceptors (Lipinski definition) is 8. The first-order valence-electron chi connectivity index (χ1n) is 6.05. The number of benzene rings is 1. The number of aromatic nitrogens is 3. The molecule has 8 nitrogen and oxygen atoms in total. The van der Waals surface area contributed by atoms with Gasteiger partial charge in [0.15, 0.2) is 0 Å². The van der Waals surface area contributed by atoms with Gasteiger partial charge in [-0.25, -0.2) is 5.84 Å². The molecule has 0 saturated carbocycles. The molecule has 2 aromatic rings. The van der Waals surface area contributed by atoms with Crippen LogP contribution in [0.2, 0.25) is 0 Å². The molecule has 2 heterocycles. The molecule has 0 saturated heterocycles. The molecule has 0 bridgehead atoms. The van der Waals surface area contributed by atoms with Crippen LogP contribution in [0.15, 0.2) is 24.3 Å². The van der Waals surface area contributed by atoms with Crippen molar-refractivity contribution in [2.24, 2.45) is 5.84 Å². The van der Waals surface area contributed by atoms with Crippen LogP contribution < -0.4 is 26.1 Å². The Bertz CT molecular complexity index is 598. The first-order chi connectivity index (χ1) is 9.80. The molecule has 0 amide bonds. The van der Waals surface area contributed by atoms with Gasteiger partial charge in [0.1, 0.15) is 12.4 Å². The molecule has 0 fully saturated rings. The van der Waals surface area contributed by atoms with Crippen molar-refractivity contribution < 1.29 is 9.47 Å². The van der Waals surface area contributed by atoms with E-state index in [0.29, 0.717) is 12.6 Å². The molecule has 3 rings (SSSR count). The van der Waals surface area contributed by atoms with Gasteiger partial charge in [-0.15, -0.1) is 0 Å². The normalized spacial score (nSPS) is 16.2. The molecule has 1 aromatic carbocycles.